The number of pyridine rings is 1. The summed E-state index contributed by atoms with van der Waals surface area (Å²) in [6.07, 6.45) is 5.09. The van der Waals surface area contributed by atoms with Gasteiger partial charge in [0.05, 0.1) is 12.1 Å². The van der Waals surface area contributed by atoms with E-state index in [1.54, 1.807) is 39.3 Å². The molecule has 0 radical (unpaired) electrons. The van der Waals surface area contributed by atoms with Gasteiger partial charge in [-0.15, -0.1) is 11.3 Å². The normalized spacial score (nSPS) is 23.5. The number of nitrogens with zero attached hydrogens (tertiary/aromatic N) is 3. The molecule has 1 fully saturated rings. The number of likely N-dealkylation sites (tertiary alicyclic amines) is 1. The molecule has 1 aromatic carbocycles. The van der Waals surface area contributed by atoms with E-state index < -0.39 is 29.6 Å². The van der Waals surface area contributed by atoms with Crippen LogP contribution in [-0.4, -0.2) is 38.1 Å². The minimum absolute atomic E-state index is 0.0674. The maximum Gasteiger partial charge on any atom is 0.258 e. The van der Waals surface area contributed by atoms with Gasteiger partial charge < -0.3 is 15.0 Å². The Kier molecular flexibility index (Phi) is 6.35. The Balaban J connectivity index is 1.60. The lowest BCUT2D eigenvalue weighted by Crippen LogP contribution is -2.45. The third kappa shape index (κ3) is 4.11. The van der Waals surface area contributed by atoms with Crippen molar-refractivity contribution >= 4 is 28.5 Å². The molecule has 5 rings (SSSR count). The van der Waals surface area contributed by atoms with Crippen LogP contribution in [0.1, 0.15) is 29.8 Å². The number of amides is 1. The number of benzene rings is 1. The van der Waals surface area contributed by atoms with Gasteiger partial charge in [0.15, 0.2) is 5.13 Å². The summed E-state index contributed by atoms with van der Waals surface area (Å²) in [6, 6.07) is 5.52. The Morgan fingerprint density at radius 2 is 2.14 bits per heavy atom. The average Bonchev–Trinajstić information content (AvgIpc) is 3.54. The molecule has 7 nitrogen and oxygen atoms in total. The van der Waals surface area contributed by atoms with E-state index in [1.807, 2.05) is 13.0 Å². The van der Waals surface area contributed by atoms with Gasteiger partial charge in [-0.25, -0.2) is 13.8 Å². The highest BCUT2D eigenvalue weighted by molar-refractivity contribution is 7.13. The Morgan fingerprint density at radius 1 is 1.31 bits per heavy atom. The summed E-state index contributed by atoms with van der Waals surface area (Å²) in [7, 11) is 0. The third-order valence-corrected chi connectivity index (χ3v) is 7.55. The monoisotopic (exact) mass is 498 g/mol. The first kappa shape index (κ1) is 23.5. The predicted octanol–water partition coefficient (Wildman–Crippen LogP) is 3.42. The molecule has 2 aliphatic rings. The van der Waals surface area contributed by atoms with E-state index in [0.717, 1.165) is 18.2 Å². The largest absolute Gasteiger partial charge is 0.396 e. The van der Waals surface area contributed by atoms with Gasteiger partial charge in [0.2, 0.25) is 5.91 Å². The molecule has 4 heterocycles. The maximum atomic E-state index is 14.7. The zero-order valence-corrected chi connectivity index (χ0v) is 19.7. The summed E-state index contributed by atoms with van der Waals surface area (Å²) >= 11 is 1.26. The topological polar surface area (TPSA) is 87.5 Å². The quantitative estimate of drug-likeness (QED) is 0.544. The number of carbonyl (C=O) groups is 1. The van der Waals surface area contributed by atoms with E-state index >= 15 is 0 Å². The van der Waals surface area contributed by atoms with Crippen LogP contribution in [0.3, 0.4) is 0 Å². The lowest BCUT2D eigenvalue weighted by atomic mass is 9.88. The molecular formula is C25H24F2N4O3S. The number of hydrogen-bond donors (Lipinski definition) is 2. The number of anilines is 1. The maximum absolute atomic E-state index is 14.7. The third-order valence-electron chi connectivity index (χ3n) is 6.86. The molecular weight excluding hydrogens is 474 g/mol. The number of rotatable bonds is 6. The highest BCUT2D eigenvalue weighted by Crippen LogP contribution is 2.50. The van der Waals surface area contributed by atoms with Crippen molar-refractivity contribution in [2.45, 2.75) is 32.1 Å². The Morgan fingerprint density at radius 3 is 2.86 bits per heavy atom. The molecule has 3 aromatic rings. The fourth-order valence-electron chi connectivity index (χ4n) is 5.43. The Bertz CT molecular complexity index is 1340. The van der Waals surface area contributed by atoms with Crippen LogP contribution in [0, 0.1) is 23.5 Å². The van der Waals surface area contributed by atoms with E-state index in [1.165, 1.54) is 11.3 Å². The van der Waals surface area contributed by atoms with Crippen molar-refractivity contribution in [1.29, 1.82) is 0 Å². The Labute approximate surface area is 204 Å². The van der Waals surface area contributed by atoms with Crippen molar-refractivity contribution in [2.75, 3.05) is 11.9 Å². The average molecular weight is 499 g/mol. The van der Waals surface area contributed by atoms with Gasteiger partial charge in [-0.2, -0.15) is 0 Å². The van der Waals surface area contributed by atoms with E-state index in [9.17, 15) is 23.5 Å². The van der Waals surface area contributed by atoms with Crippen LogP contribution < -0.4 is 10.9 Å². The number of carbonyl (C=O) groups excluding carboxylic acids is 1. The minimum Gasteiger partial charge on any atom is -0.396 e. The number of nitrogens with one attached hydrogen (secondary N) is 1. The first-order chi connectivity index (χ1) is 16.9. The van der Waals surface area contributed by atoms with Crippen LogP contribution in [0.15, 0.2) is 52.8 Å². The lowest BCUT2D eigenvalue weighted by molar-refractivity contribution is -0.122. The van der Waals surface area contributed by atoms with E-state index in [0.29, 0.717) is 22.9 Å². The standard InChI is InChI=1S/C25H24F2N4O3S/c1-2-3-14-4-7-20-21-17(12-30(20)24(14)34)18(13-32)22(23(33)29-25-28-8-9-35-25)31(21)11-15-10-16(26)5-6-19(15)27/h2-10,17-18,21-22,32H,11-13H2,1H3,(H,28,29,33)/t17-,18-,21+,22-/m0/s1. The van der Waals surface area contributed by atoms with Crippen LogP contribution in [-0.2, 0) is 17.9 Å². The predicted molar refractivity (Wildman–Crippen MR) is 129 cm³/mol. The van der Waals surface area contributed by atoms with Crippen molar-refractivity contribution in [3.63, 3.8) is 0 Å². The second-order valence-corrected chi connectivity index (χ2v) is 9.66. The van der Waals surface area contributed by atoms with Crippen LogP contribution in [0.2, 0.25) is 0 Å². The zero-order valence-electron chi connectivity index (χ0n) is 18.9. The number of halogens is 2. The second-order valence-electron chi connectivity index (χ2n) is 8.76. The van der Waals surface area contributed by atoms with Crippen LogP contribution in [0.25, 0.3) is 6.08 Å². The van der Waals surface area contributed by atoms with Crippen LogP contribution in [0.4, 0.5) is 13.9 Å². The number of thiazole rings is 1. The van der Waals surface area contributed by atoms with Gasteiger partial charge in [0.25, 0.3) is 5.56 Å². The van der Waals surface area contributed by atoms with E-state index in [2.05, 4.69) is 10.3 Å². The highest BCUT2D eigenvalue weighted by Gasteiger charge is 2.55. The van der Waals surface area contributed by atoms with Crippen LogP contribution in [0.5, 0.6) is 0 Å². The highest BCUT2D eigenvalue weighted by atomic mass is 32.1. The summed E-state index contributed by atoms with van der Waals surface area (Å²) in [5.41, 5.74) is 1.17. The fourth-order valence-corrected chi connectivity index (χ4v) is 5.97. The first-order valence-corrected chi connectivity index (χ1v) is 12.2. The summed E-state index contributed by atoms with van der Waals surface area (Å²) in [4.78, 5) is 32.4. The molecule has 35 heavy (non-hydrogen) atoms. The van der Waals surface area contributed by atoms with E-state index in [-0.39, 0.29) is 36.1 Å². The van der Waals surface area contributed by atoms with Crippen molar-refractivity contribution in [3.05, 3.63) is 86.8 Å². The fraction of sp³-hybridized carbons (Fsp3) is 0.320. The molecule has 0 bridgehead atoms. The van der Waals surface area contributed by atoms with Gasteiger partial charge in [0, 0.05) is 59.9 Å². The van der Waals surface area contributed by atoms with Gasteiger partial charge in [0.1, 0.15) is 11.6 Å². The number of allylic oxidation sites excluding steroid dienone is 1. The van der Waals surface area contributed by atoms with E-state index in [4.69, 9.17) is 0 Å². The lowest BCUT2D eigenvalue weighted by Gasteiger charge is -2.30. The molecule has 0 saturated carbocycles. The number of fused-ring (bicyclic) bond motifs is 3. The Hall–Kier alpha value is -3.21. The van der Waals surface area contributed by atoms with Crippen molar-refractivity contribution in [3.8, 4) is 0 Å². The SMILES string of the molecule is CC=Cc1ccc2n(c1=O)C[C@H]1[C@H](CO)[C@@H](C(=O)Nc3nccs3)N(Cc3cc(F)ccc3F)[C@@H]21. The van der Waals surface area contributed by atoms with Gasteiger partial charge >= 0.3 is 0 Å². The second kappa shape index (κ2) is 9.44. The van der Waals surface area contributed by atoms with Gasteiger partial charge in [-0.05, 0) is 37.3 Å². The molecule has 1 amide bonds. The molecule has 2 aromatic heterocycles. The number of aromatic nitrogens is 2. The summed E-state index contributed by atoms with van der Waals surface area (Å²) in [5.74, 6) is -2.35. The summed E-state index contributed by atoms with van der Waals surface area (Å²) < 4.78 is 30.3. The summed E-state index contributed by atoms with van der Waals surface area (Å²) in [6.45, 7) is 1.78. The molecule has 2 aliphatic heterocycles. The minimum atomic E-state index is -0.833. The molecule has 182 valence electrons. The van der Waals surface area contributed by atoms with Crippen molar-refractivity contribution in [1.82, 2.24) is 14.5 Å². The number of aliphatic hydroxyl groups excluding tert-OH is 1. The number of aliphatic hydroxyl groups is 1. The zero-order chi connectivity index (χ0) is 24.7. The van der Waals surface area contributed by atoms with Crippen molar-refractivity contribution in [2.24, 2.45) is 11.8 Å². The number of hydrogen-bond acceptors (Lipinski definition) is 6. The molecule has 2 N–H and O–H groups in total. The van der Waals surface area contributed by atoms with Crippen LogP contribution >= 0.6 is 11.3 Å². The molecule has 0 aliphatic carbocycles. The smallest absolute Gasteiger partial charge is 0.258 e. The molecule has 1 saturated heterocycles. The molecule has 10 heteroatoms. The van der Waals surface area contributed by atoms with Crippen molar-refractivity contribution < 1.29 is 18.7 Å². The molecule has 0 spiro atoms. The van der Waals surface area contributed by atoms with Gasteiger partial charge in [-0.1, -0.05) is 12.2 Å². The van der Waals surface area contributed by atoms with Gasteiger partial charge in [-0.3, -0.25) is 14.5 Å². The molecule has 0 unspecified atom stereocenters. The molecule has 4 atom stereocenters. The summed E-state index contributed by atoms with van der Waals surface area (Å²) in [5, 5.41) is 15.3. The first-order valence-electron chi connectivity index (χ1n) is 11.3.